The first-order chi connectivity index (χ1) is 8.69. The van der Waals surface area contributed by atoms with Gasteiger partial charge in [-0.1, -0.05) is 27.5 Å². The molecule has 2 rings (SSSR count). The highest BCUT2D eigenvalue weighted by atomic mass is 79.9. The van der Waals surface area contributed by atoms with Gasteiger partial charge in [-0.25, -0.2) is 9.69 Å². The molecule has 1 aliphatic heterocycles. The lowest BCUT2D eigenvalue weighted by atomic mass is 10.1. The molecule has 2 amide bonds. The van der Waals surface area contributed by atoms with Crippen molar-refractivity contribution in [3.63, 3.8) is 0 Å². The molecule has 0 spiro atoms. The Labute approximate surface area is 124 Å². The first-order valence-corrected chi connectivity index (χ1v) is 6.89. The highest BCUT2D eigenvalue weighted by Crippen LogP contribution is 2.33. The van der Waals surface area contributed by atoms with Crippen LogP contribution in [0.5, 0.6) is 0 Å². The van der Waals surface area contributed by atoms with E-state index in [0.717, 1.165) is 14.9 Å². The lowest BCUT2D eigenvalue weighted by Gasteiger charge is -2.23. The maximum atomic E-state index is 12.2. The van der Waals surface area contributed by atoms with Gasteiger partial charge in [-0.05, 0) is 38.5 Å². The summed E-state index contributed by atoms with van der Waals surface area (Å²) in [6.07, 6.45) is -0.652. The molecule has 0 saturated carbocycles. The van der Waals surface area contributed by atoms with Crippen molar-refractivity contribution < 1.29 is 14.3 Å². The second-order valence-electron chi connectivity index (χ2n) is 5.29. The van der Waals surface area contributed by atoms with Gasteiger partial charge in [-0.2, -0.15) is 0 Å². The van der Waals surface area contributed by atoms with E-state index >= 15 is 0 Å². The lowest BCUT2D eigenvalue weighted by Crippen LogP contribution is -2.36. The summed E-state index contributed by atoms with van der Waals surface area (Å²) in [5, 5.41) is 0.334. The van der Waals surface area contributed by atoms with Crippen LogP contribution in [0, 0.1) is 0 Å². The van der Waals surface area contributed by atoms with Crippen LogP contribution in [0.3, 0.4) is 0 Å². The van der Waals surface area contributed by atoms with Crippen molar-refractivity contribution in [1.29, 1.82) is 0 Å². The van der Waals surface area contributed by atoms with Gasteiger partial charge in [0.1, 0.15) is 5.60 Å². The monoisotopic (exact) mass is 345 g/mol. The molecule has 0 atom stereocenters. The molecule has 0 saturated heterocycles. The summed E-state index contributed by atoms with van der Waals surface area (Å²) in [7, 11) is 0. The molecule has 0 bridgehead atoms. The Kier molecular flexibility index (Phi) is 3.62. The van der Waals surface area contributed by atoms with Crippen LogP contribution in [-0.4, -0.2) is 22.5 Å². The number of carbonyl (C=O) groups is 2. The molecule has 0 fully saturated rings. The summed E-state index contributed by atoms with van der Waals surface area (Å²) in [4.78, 5) is 25.2. The van der Waals surface area contributed by atoms with Crippen LogP contribution in [-0.2, 0) is 11.3 Å². The fourth-order valence-electron chi connectivity index (χ4n) is 1.83. The number of hydrogen-bond acceptors (Lipinski definition) is 3. The number of imide groups is 1. The van der Waals surface area contributed by atoms with Crippen molar-refractivity contribution in [1.82, 2.24) is 4.90 Å². The summed E-state index contributed by atoms with van der Waals surface area (Å²) in [5.74, 6) is -0.415. The predicted molar refractivity (Wildman–Crippen MR) is 75.3 cm³/mol. The van der Waals surface area contributed by atoms with E-state index < -0.39 is 17.6 Å². The highest BCUT2D eigenvalue weighted by molar-refractivity contribution is 9.10. The van der Waals surface area contributed by atoms with Gasteiger partial charge in [-0.3, -0.25) is 4.79 Å². The average molecular weight is 347 g/mol. The third-order valence-electron chi connectivity index (χ3n) is 2.54. The van der Waals surface area contributed by atoms with Crippen molar-refractivity contribution in [2.75, 3.05) is 0 Å². The topological polar surface area (TPSA) is 46.6 Å². The van der Waals surface area contributed by atoms with Crippen molar-refractivity contribution in [2.24, 2.45) is 0 Å². The van der Waals surface area contributed by atoms with Gasteiger partial charge in [0.05, 0.1) is 17.1 Å². The molecule has 1 aliphatic rings. The van der Waals surface area contributed by atoms with E-state index in [2.05, 4.69) is 15.9 Å². The Morgan fingerprint density at radius 2 is 2.05 bits per heavy atom. The van der Waals surface area contributed by atoms with E-state index in [-0.39, 0.29) is 6.54 Å². The maximum Gasteiger partial charge on any atom is 0.417 e. The number of halogens is 2. The number of carbonyl (C=O) groups excluding carboxylic acids is 2. The molecule has 0 unspecified atom stereocenters. The van der Waals surface area contributed by atoms with Crippen molar-refractivity contribution in [3.8, 4) is 0 Å². The Morgan fingerprint density at radius 1 is 1.42 bits per heavy atom. The van der Waals surface area contributed by atoms with Crippen LogP contribution < -0.4 is 0 Å². The Bertz CT molecular complexity index is 566. The normalized spacial score (nSPS) is 14.6. The minimum absolute atomic E-state index is 0.183. The minimum atomic E-state index is -0.652. The molecule has 0 aromatic heterocycles. The summed E-state index contributed by atoms with van der Waals surface area (Å²) in [5.41, 5.74) is 0.447. The van der Waals surface area contributed by atoms with Crippen LogP contribution in [0.25, 0.3) is 0 Å². The largest absolute Gasteiger partial charge is 0.443 e. The van der Waals surface area contributed by atoms with Gasteiger partial charge in [0, 0.05) is 4.47 Å². The zero-order valence-corrected chi connectivity index (χ0v) is 13.1. The van der Waals surface area contributed by atoms with Crippen LogP contribution in [0.15, 0.2) is 16.6 Å². The molecule has 1 heterocycles. The lowest BCUT2D eigenvalue weighted by molar-refractivity contribution is 0.0248. The van der Waals surface area contributed by atoms with Crippen LogP contribution in [0.2, 0.25) is 5.02 Å². The van der Waals surface area contributed by atoms with E-state index in [0.29, 0.717) is 10.6 Å². The van der Waals surface area contributed by atoms with Gasteiger partial charge >= 0.3 is 6.09 Å². The summed E-state index contributed by atoms with van der Waals surface area (Å²) >= 11 is 9.35. The molecule has 4 nitrogen and oxygen atoms in total. The first-order valence-electron chi connectivity index (χ1n) is 5.72. The van der Waals surface area contributed by atoms with Gasteiger partial charge in [0.25, 0.3) is 5.91 Å². The second-order valence-corrected chi connectivity index (χ2v) is 6.62. The Morgan fingerprint density at radius 3 is 2.63 bits per heavy atom. The molecule has 1 aromatic rings. The van der Waals surface area contributed by atoms with Crippen LogP contribution >= 0.6 is 27.5 Å². The number of nitrogens with zero attached hydrogens (tertiary/aromatic N) is 1. The summed E-state index contributed by atoms with van der Waals surface area (Å²) in [6, 6.07) is 3.42. The van der Waals surface area contributed by atoms with Gasteiger partial charge in [-0.15, -0.1) is 0 Å². The predicted octanol–water partition coefficient (Wildman–Crippen LogP) is 3.99. The molecule has 6 heteroatoms. The zero-order valence-electron chi connectivity index (χ0n) is 10.8. The average Bonchev–Trinajstić information content (AvgIpc) is 2.53. The molecule has 0 N–H and O–H groups in total. The third-order valence-corrected chi connectivity index (χ3v) is 3.29. The SMILES string of the molecule is CC(C)(C)OC(=O)N1Cc2cc(Br)cc(Cl)c2C1=O. The van der Waals surface area contributed by atoms with Crippen molar-refractivity contribution in [3.05, 3.63) is 32.8 Å². The number of fused-ring (bicyclic) bond motifs is 1. The summed E-state index contributed by atoms with van der Waals surface area (Å²) in [6.45, 7) is 5.44. The maximum absolute atomic E-state index is 12.2. The van der Waals surface area contributed by atoms with E-state index in [1.165, 1.54) is 0 Å². The van der Waals surface area contributed by atoms with E-state index in [1.807, 2.05) is 0 Å². The number of hydrogen-bond donors (Lipinski definition) is 0. The van der Waals surface area contributed by atoms with Crippen LogP contribution in [0.4, 0.5) is 4.79 Å². The summed E-state index contributed by atoms with van der Waals surface area (Å²) < 4.78 is 5.98. The fourth-order valence-corrected chi connectivity index (χ4v) is 2.79. The quantitative estimate of drug-likeness (QED) is 0.713. The molecular weight excluding hydrogens is 334 g/mol. The number of rotatable bonds is 0. The number of benzene rings is 1. The second kappa shape index (κ2) is 4.80. The van der Waals surface area contributed by atoms with Crippen LogP contribution in [0.1, 0.15) is 36.7 Å². The molecule has 0 radical (unpaired) electrons. The molecule has 1 aromatic carbocycles. The Balaban J connectivity index is 2.29. The van der Waals surface area contributed by atoms with E-state index in [4.69, 9.17) is 16.3 Å². The van der Waals surface area contributed by atoms with E-state index in [9.17, 15) is 9.59 Å². The first kappa shape index (κ1) is 14.3. The Hall–Kier alpha value is -1.07. The standard InChI is InChI=1S/C13H13BrClNO3/c1-13(2,3)19-12(18)16-6-7-4-8(14)5-9(15)10(7)11(16)17/h4-5H,6H2,1-3H3. The highest BCUT2D eigenvalue weighted by Gasteiger charge is 2.36. The molecule has 102 valence electrons. The van der Waals surface area contributed by atoms with Gasteiger partial charge in [0.15, 0.2) is 0 Å². The zero-order chi connectivity index (χ0) is 14.4. The van der Waals surface area contributed by atoms with Gasteiger partial charge < -0.3 is 4.74 Å². The molecule has 19 heavy (non-hydrogen) atoms. The van der Waals surface area contributed by atoms with Crippen molar-refractivity contribution in [2.45, 2.75) is 32.9 Å². The third kappa shape index (κ3) is 2.92. The van der Waals surface area contributed by atoms with E-state index in [1.54, 1.807) is 32.9 Å². The molecular formula is C13H13BrClNO3. The number of amides is 2. The smallest absolute Gasteiger partial charge is 0.417 e. The molecule has 0 aliphatic carbocycles. The fraction of sp³-hybridized carbons (Fsp3) is 0.385. The number of ether oxygens (including phenoxy) is 1. The minimum Gasteiger partial charge on any atom is -0.443 e. The van der Waals surface area contributed by atoms with Gasteiger partial charge in [0.2, 0.25) is 0 Å². The van der Waals surface area contributed by atoms with Crippen molar-refractivity contribution >= 4 is 39.5 Å².